The molecule has 0 radical (unpaired) electrons. The van der Waals surface area contributed by atoms with Gasteiger partial charge in [-0.1, -0.05) is 0 Å². The van der Waals surface area contributed by atoms with Crippen LogP contribution in [0.4, 0.5) is 4.79 Å². The normalized spacial score (nSPS) is 10.1. The van der Waals surface area contributed by atoms with E-state index < -0.39 is 0 Å². The van der Waals surface area contributed by atoms with Crippen molar-refractivity contribution >= 4 is 6.09 Å². The van der Waals surface area contributed by atoms with Crippen LogP contribution in [0.25, 0.3) is 0 Å². The van der Waals surface area contributed by atoms with Crippen molar-refractivity contribution in [2.24, 2.45) is 7.05 Å². The van der Waals surface area contributed by atoms with Crippen LogP contribution in [-0.4, -0.2) is 44.4 Å². The summed E-state index contributed by atoms with van der Waals surface area (Å²) in [6.45, 7) is 4.94. The van der Waals surface area contributed by atoms with Crippen molar-refractivity contribution in [3.63, 3.8) is 0 Å². The molecule has 0 N–H and O–H groups in total. The zero-order chi connectivity index (χ0) is 11.3. The van der Waals surface area contributed by atoms with Crippen LogP contribution in [0.2, 0.25) is 0 Å². The van der Waals surface area contributed by atoms with E-state index in [0.29, 0.717) is 25.5 Å². The number of ether oxygens (including phenoxy) is 1. The number of tetrazole rings is 1. The standard InChI is InChI=1S/C8H15N5O2/c1-4-13(8(14)15-5-2)6-7-9-10-11-12(7)3/h4-6H2,1-3H3. The van der Waals surface area contributed by atoms with Crippen molar-refractivity contribution in [2.75, 3.05) is 13.2 Å². The first-order valence-electron chi connectivity index (χ1n) is 4.82. The maximum absolute atomic E-state index is 11.4. The fourth-order valence-electron chi connectivity index (χ4n) is 1.07. The first-order chi connectivity index (χ1) is 7.19. The molecule has 7 nitrogen and oxygen atoms in total. The topological polar surface area (TPSA) is 73.1 Å². The van der Waals surface area contributed by atoms with Crippen LogP contribution < -0.4 is 0 Å². The van der Waals surface area contributed by atoms with Crippen LogP contribution >= 0.6 is 0 Å². The molecule has 84 valence electrons. The Balaban J connectivity index is 2.61. The zero-order valence-corrected chi connectivity index (χ0v) is 9.17. The minimum atomic E-state index is -0.344. The fourth-order valence-corrected chi connectivity index (χ4v) is 1.07. The van der Waals surface area contributed by atoms with Crippen molar-refractivity contribution < 1.29 is 9.53 Å². The fraction of sp³-hybridized carbons (Fsp3) is 0.750. The van der Waals surface area contributed by atoms with E-state index in [4.69, 9.17) is 4.74 Å². The zero-order valence-electron chi connectivity index (χ0n) is 9.17. The largest absolute Gasteiger partial charge is 0.450 e. The highest BCUT2D eigenvalue weighted by Gasteiger charge is 2.15. The van der Waals surface area contributed by atoms with Crippen LogP contribution in [0.15, 0.2) is 0 Å². The molecular weight excluding hydrogens is 198 g/mol. The van der Waals surface area contributed by atoms with Crippen LogP contribution in [-0.2, 0) is 18.3 Å². The molecule has 0 spiro atoms. The second-order valence-electron chi connectivity index (χ2n) is 2.93. The molecular formula is C8H15N5O2. The van der Waals surface area contributed by atoms with Crippen molar-refractivity contribution in [3.8, 4) is 0 Å². The molecule has 7 heteroatoms. The molecule has 15 heavy (non-hydrogen) atoms. The van der Waals surface area contributed by atoms with Gasteiger partial charge in [0.1, 0.15) is 0 Å². The summed E-state index contributed by atoms with van der Waals surface area (Å²) in [6, 6.07) is 0. The SMILES string of the molecule is CCOC(=O)N(CC)Cc1nnnn1C. The number of amides is 1. The Bertz CT molecular complexity index is 325. The maximum atomic E-state index is 11.4. The molecule has 1 aromatic heterocycles. The lowest BCUT2D eigenvalue weighted by molar-refractivity contribution is 0.105. The van der Waals surface area contributed by atoms with Crippen LogP contribution in [0.5, 0.6) is 0 Å². The minimum absolute atomic E-state index is 0.344. The predicted molar refractivity (Wildman–Crippen MR) is 51.9 cm³/mol. The monoisotopic (exact) mass is 213 g/mol. The third-order valence-corrected chi connectivity index (χ3v) is 1.95. The van der Waals surface area contributed by atoms with Crippen molar-refractivity contribution in [1.29, 1.82) is 0 Å². The number of hydrogen-bond donors (Lipinski definition) is 0. The molecule has 1 aromatic rings. The number of nitrogens with zero attached hydrogens (tertiary/aromatic N) is 5. The molecule has 1 amide bonds. The van der Waals surface area contributed by atoms with Crippen molar-refractivity contribution in [3.05, 3.63) is 5.82 Å². The Morgan fingerprint density at radius 1 is 1.53 bits per heavy atom. The van der Waals surface area contributed by atoms with Gasteiger partial charge in [-0.25, -0.2) is 9.48 Å². The summed E-state index contributed by atoms with van der Waals surface area (Å²) in [5.74, 6) is 0.630. The van der Waals surface area contributed by atoms with Gasteiger partial charge >= 0.3 is 6.09 Å². The smallest absolute Gasteiger partial charge is 0.410 e. The van der Waals surface area contributed by atoms with Gasteiger partial charge in [0.15, 0.2) is 5.82 Å². The molecule has 0 fully saturated rings. The number of carbonyl (C=O) groups excluding carboxylic acids is 1. The van der Waals surface area contributed by atoms with Gasteiger partial charge < -0.3 is 9.64 Å². The number of rotatable bonds is 4. The van der Waals surface area contributed by atoms with Crippen LogP contribution in [0.1, 0.15) is 19.7 Å². The summed E-state index contributed by atoms with van der Waals surface area (Å²) in [6.07, 6.45) is -0.344. The first kappa shape index (κ1) is 11.4. The quantitative estimate of drug-likeness (QED) is 0.713. The van der Waals surface area contributed by atoms with E-state index in [-0.39, 0.29) is 6.09 Å². The van der Waals surface area contributed by atoms with Gasteiger partial charge in [0.25, 0.3) is 0 Å². The number of aryl methyl sites for hydroxylation is 1. The van der Waals surface area contributed by atoms with E-state index in [1.807, 2.05) is 6.92 Å². The van der Waals surface area contributed by atoms with Gasteiger partial charge in [-0.15, -0.1) is 5.10 Å². The van der Waals surface area contributed by atoms with Gasteiger partial charge in [-0.05, 0) is 24.3 Å². The second kappa shape index (κ2) is 5.28. The average Bonchev–Trinajstić information content (AvgIpc) is 2.61. The van der Waals surface area contributed by atoms with Crippen LogP contribution in [0.3, 0.4) is 0 Å². The van der Waals surface area contributed by atoms with E-state index in [2.05, 4.69) is 15.5 Å². The Kier molecular flexibility index (Phi) is 4.02. The lowest BCUT2D eigenvalue weighted by Crippen LogP contribution is -2.32. The van der Waals surface area contributed by atoms with E-state index in [1.165, 1.54) is 9.58 Å². The first-order valence-corrected chi connectivity index (χ1v) is 4.82. The van der Waals surface area contributed by atoms with Gasteiger partial charge in [0.2, 0.25) is 0 Å². The van der Waals surface area contributed by atoms with Gasteiger partial charge in [0.05, 0.1) is 13.2 Å². The van der Waals surface area contributed by atoms with Gasteiger partial charge in [0, 0.05) is 13.6 Å². The highest BCUT2D eigenvalue weighted by Crippen LogP contribution is 2.01. The number of aromatic nitrogens is 4. The van der Waals surface area contributed by atoms with E-state index >= 15 is 0 Å². The molecule has 0 saturated heterocycles. The average molecular weight is 213 g/mol. The minimum Gasteiger partial charge on any atom is -0.450 e. The molecule has 0 aliphatic rings. The molecule has 0 unspecified atom stereocenters. The Morgan fingerprint density at radius 3 is 2.73 bits per heavy atom. The summed E-state index contributed by atoms with van der Waals surface area (Å²) in [4.78, 5) is 13.0. The predicted octanol–water partition coefficient (Wildman–Crippen LogP) is 0.188. The molecule has 1 rings (SSSR count). The summed E-state index contributed by atoms with van der Waals surface area (Å²) in [5.41, 5.74) is 0. The molecule has 1 heterocycles. The molecule has 0 aliphatic heterocycles. The molecule has 0 saturated carbocycles. The Hall–Kier alpha value is -1.66. The Labute approximate surface area is 88.0 Å². The van der Waals surface area contributed by atoms with Crippen molar-refractivity contribution in [2.45, 2.75) is 20.4 Å². The summed E-state index contributed by atoms with van der Waals surface area (Å²) in [5, 5.41) is 11.0. The highest BCUT2D eigenvalue weighted by molar-refractivity contribution is 5.67. The second-order valence-corrected chi connectivity index (χ2v) is 2.93. The molecule has 0 bridgehead atoms. The number of hydrogen-bond acceptors (Lipinski definition) is 5. The van der Waals surface area contributed by atoms with E-state index in [0.717, 1.165) is 0 Å². The van der Waals surface area contributed by atoms with Gasteiger partial charge in [-0.2, -0.15) is 0 Å². The lowest BCUT2D eigenvalue weighted by atomic mass is 10.5. The lowest BCUT2D eigenvalue weighted by Gasteiger charge is -2.18. The molecule has 0 atom stereocenters. The summed E-state index contributed by atoms with van der Waals surface area (Å²) < 4.78 is 6.42. The Morgan fingerprint density at radius 2 is 2.27 bits per heavy atom. The van der Waals surface area contributed by atoms with E-state index in [9.17, 15) is 4.79 Å². The van der Waals surface area contributed by atoms with Crippen LogP contribution in [0, 0.1) is 0 Å². The van der Waals surface area contributed by atoms with Crippen molar-refractivity contribution in [1.82, 2.24) is 25.1 Å². The third-order valence-electron chi connectivity index (χ3n) is 1.95. The third kappa shape index (κ3) is 2.90. The molecule has 0 aliphatic carbocycles. The highest BCUT2D eigenvalue weighted by atomic mass is 16.6. The summed E-state index contributed by atoms with van der Waals surface area (Å²) >= 11 is 0. The van der Waals surface area contributed by atoms with E-state index in [1.54, 1.807) is 14.0 Å². The summed E-state index contributed by atoms with van der Waals surface area (Å²) in [7, 11) is 1.73. The van der Waals surface area contributed by atoms with Gasteiger partial charge in [-0.3, -0.25) is 0 Å². The number of carbonyl (C=O) groups is 1. The maximum Gasteiger partial charge on any atom is 0.410 e. The molecule has 0 aromatic carbocycles.